The van der Waals surface area contributed by atoms with Crippen molar-refractivity contribution in [2.24, 2.45) is 0 Å². The van der Waals surface area contributed by atoms with Gasteiger partial charge in [-0.15, -0.1) is 0 Å². The molecule has 17 heteroatoms. The lowest BCUT2D eigenvalue weighted by atomic mass is 10.0. The van der Waals surface area contributed by atoms with Gasteiger partial charge in [-0.25, -0.2) is 0 Å². The first-order valence-corrected chi connectivity index (χ1v) is 39.9. The van der Waals surface area contributed by atoms with E-state index >= 15 is 0 Å². The molecule has 5 aromatic carbocycles. The average Bonchev–Trinajstić information content (AvgIpc) is 0.907. The Labute approximate surface area is 637 Å². The van der Waals surface area contributed by atoms with Crippen molar-refractivity contribution in [2.75, 3.05) is 35.5 Å². The number of ether oxygens (including phenoxy) is 5. The summed E-state index contributed by atoms with van der Waals surface area (Å²) in [6.07, 6.45) is 38.5. The van der Waals surface area contributed by atoms with Crippen LogP contribution < -0.4 is 23.7 Å². The normalized spacial score (nSPS) is 11.2. The number of aliphatic hydroxyl groups excluding tert-OH is 2. The Kier molecular flexibility index (Phi) is 56.7. The summed E-state index contributed by atoms with van der Waals surface area (Å²) in [6.45, 7) is 10.9. The van der Waals surface area contributed by atoms with Crippen LogP contribution in [0.1, 0.15) is 300 Å². The van der Waals surface area contributed by atoms with Gasteiger partial charge in [0.05, 0.1) is 47.8 Å². The van der Waals surface area contributed by atoms with Crippen molar-refractivity contribution < 1.29 is 83.4 Å². The quantitative estimate of drug-likeness (QED) is 0.0178. The number of aliphatic hydroxyl groups is 2. The molecule has 7 N–H and O–H groups in total. The number of hydrogen-bond donors (Lipinski definition) is 7. The third-order valence-electron chi connectivity index (χ3n) is 18.6. The van der Waals surface area contributed by atoms with E-state index in [1.54, 1.807) is 72.8 Å². The summed E-state index contributed by atoms with van der Waals surface area (Å²) >= 11 is 0. The van der Waals surface area contributed by atoms with Crippen LogP contribution in [0.5, 0.6) is 57.5 Å². The van der Waals surface area contributed by atoms with Crippen molar-refractivity contribution in [2.45, 2.75) is 317 Å². The van der Waals surface area contributed by atoms with Crippen LogP contribution in [0.2, 0.25) is 0 Å². The molecule has 17 nitrogen and oxygen atoms in total. The second-order valence-corrected chi connectivity index (χ2v) is 27.8. The number of methoxy groups -OCH3 is 5. The summed E-state index contributed by atoms with van der Waals surface area (Å²) in [5, 5.41) is 67.2. The number of hydrogen-bond acceptors (Lipinski definition) is 17. The fraction of sp³-hybridized carbons (Fsp3) is 0.607. The molecule has 0 saturated carbocycles. The smallest absolute Gasteiger partial charge is 0.160 e. The van der Waals surface area contributed by atoms with Crippen molar-refractivity contribution in [1.82, 2.24) is 0 Å². The molecule has 0 bridgehead atoms. The van der Waals surface area contributed by atoms with Gasteiger partial charge in [0.15, 0.2) is 57.5 Å². The van der Waals surface area contributed by atoms with Crippen LogP contribution in [0, 0.1) is 0 Å². The predicted octanol–water partition coefficient (Wildman–Crippen LogP) is 20.8. The molecule has 5 aromatic rings. The van der Waals surface area contributed by atoms with Crippen molar-refractivity contribution in [3.05, 3.63) is 119 Å². The van der Waals surface area contributed by atoms with Crippen molar-refractivity contribution >= 4 is 28.9 Å². The molecule has 0 heterocycles. The monoisotopic (exact) mass is 1480 g/mol. The van der Waals surface area contributed by atoms with Gasteiger partial charge in [0.1, 0.15) is 28.9 Å². The highest BCUT2D eigenvalue weighted by molar-refractivity contribution is 5.80. The lowest BCUT2D eigenvalue weighted by Crippen LogP contribution is -2.13. The van der Waals surface area contributed by atoms with E-state index in [2.05, 4.69) is 34.6 Å². The molecule has 0 amide bonds. The van der Waals surface area contributed by atoms with E-state index in [0.29, 0.717) is 142 Å². The van der Waals surface area contributed by atoms with Crippen LogP contribution in [-0.4, -0.2) is 112 Å². The average molecular weight is 1480 g/mol. The van der Waals surface area contributed by atoms with Gasteiger partial charge in [0.25, 0.3) is 0 Å². The molecule has 2 atom stereocenters. The lowest BCUT2D eigenvalue weighted by molar-refractivity contribution is -0.121. The molecule has 2 unspecified atom stereocenters. The molecule has 0 spiro atoms. The maximum Gasteiger partial charge on any atom is 0.160 e. The summed E-state index contributed by atoms with van der Waals surface area (Å²) in [4.78, 5) is 59.2. The summed E-state index contributed by atoms with van der Waals surface area (Å²) < 4.78 is 25.3. The Balaban J connectivity index is 0.000000664. The summed E-state index contributed by atoms with van der Waals surface area (Å²) in [5.74, 6) is 3.99. The predicted molar refractivity (Wildman–Crippen MR) is 428 cm³/mol. The zero-order valence-corrected chi connectivity index (χ0v) is 66.7. The molecule has 106 heavy (non-hydrogen) atoms. The van der Waals surface area contributed by atoms with Gasteiger partial charge < -0.3 is 59.4 Å². The van der Waals surface area contributed by atoms with E-state index in [1.165, 1.54) is 125 Å². The standard InChI is InChI=1S/C21H34O3.2C17H26O4.2C17H26O3/c1-3-4-5-6-7-8-9-10-11-12-19(22)15-13-18-14-16-20(23)21(17-18)24-2;2*1-3-4-5-6-14(18)12-15(19)9-7-13-8-10-16(20)17(11-13)21-2;2*1-3-4-5-6-7-8-15(18)11-9-14-10-12-16(19)17(13-14)20-2/h14,16-17,23H,3-13,15H2,1-2H3;2*8,10-11,14,18,20H,3-7,9,12H2,1-2H3;2*10,12-13,19H,3-9,11H2,1-2H3. The van der Waals surface area contributed by atoms with Gasteiger partial charge >= 0.3 is 0 Å². The van der Waals surface area contributed by atoms with Crippen LogP contribution >= 0.6 is 0 Å². The van der Waals surface area contributed by atoms with Gasteiger partial charge in [-0.2, -0.15) is 0 Å². The van der Waals surface area contributed by atoms with Crippen molar-refractivity contribution in [3.8, 4) is 57.5 Å². The number of aromatic hydroxyl groups is 5. The summed E-state index contributed by atoms with van der Waals surface area (Å²) in [7, 11) is 7.58. The highest BCUT2D eigenvalue weighted by atomic mass is 16.5. The third-order valence-corrected chi connectivity index (χ3v) is 18.6. The van der Waals surface area contributed by atoms with E-state index in [0.717, 1.165) is 98.4 Å². The van der Waals surface area contributed by atoms with E-state index in [-0.39, 0.29) is 53.2 Å². The first-order valence-electron chi connectivity index (χ1n) is 39.9. The minimum atomic E-state index is -0.515. The van der Waals surface area contributed by atoms with E-state index in [1.807, 2.05) is 18.2 Å². The van der Waals surface area contributed by atoms with Gasteiger partial charge in [0, 0.05) is 64.2 Å². The Hall–Kier alpha value is -7.63. The SMILES string of the molecule is CCCCCC(O)CC(=O)CCc1ccc(O)c(OC)c1.CCCCCC(O)CC(=O)CCc1ccc(O)c(OC)c1.CCCCCCCC(=O)CCc1ccc(O)c(OC)c1.CCCCCCCC(=O)CCc1ccc(O)c(OC)c1.CCCCCCCCCCCC(=O)CCc1ccc(O)c(OC)c1. The number of phenols is 5. The van der Waals surface area contributed by atoms with Gasteiger partial charge in [-0.1, -0.05) is 206 Å². The number of phenolic OH excluding ortho intramolecular Hbond substituents is 5. The molecular formula is C89H138O17. The first kappa shape index (κ1) is 96.4. The Bertz CT molecular complexity index is 2980. The van der Waals surface area contributed by atoms with Gasteiger partial charge in [-0.3, -0.25) is 24.0 Å². The second kappa shape index (κ2) is 62.4. The highest BCUT2D eigenvalue weighted by Gasteiger charge is 2.15. The third kappa shape index (κ3) is 47.8. The zero-order valence-electron chi connectivity index (χ0n) is 66.7. The molecule has 5 rings (SSSR count). The minimum Gasteiger partial charge on any atom is -0.504 e. The fourth-order valence-corrected chi connectivity index (χ4v) is 11.9. The number of unbranched alkanes of at least 4 members (excludes halogenated alkanes) is 20. The fourth-order valence-electron chi connectivity index (χ4n) is 11.9. The zero-order chi connectivity index (χ0) is 78.5. The molecule has 0 aliphatic rings. The van der Waals surface area contributed by atoms with Crippen molar-refractivity contribution in [3.63, 3.8) is 0 Å². The number of ketones is 5. The van der Waals surface area contributed by atoms with Crippen LogP contribution in [0.15, 0.2) is 91.0 Å². The number of aryl methyl sites for hydroxylation is 5. The number of carbonyl (C=O) groups excluding carboxylic acids is 5. The molecule has 0 saturated heterocycles. The van der Waals surface area contributed by atoms with Gasteiger partial charge in [0.2, 0.25) is 0 Å². The second-order valence-electron chi connectivity index (χ2n) is 27.8. The molecule has 0 radical (unpaired) electrons. The number of rotatable bonds is 54. The van der Waals surface area contributed by atoms with E-state index in [4.69, 9.17) is 23.7 Å². The molecule has 596 valence electrons. The number of benzene rings is 5. The first-order chi connectivity index (χ1) is 51.1. The Morgan fingerprint density at radius 3 is 0.660 bits per heavy atom. The van der Waals surface area contributed by atoms with Gasteiger partial charge in [-0.05, 0) is 153 Å². The maximum atomic E-state index is 12.0. The molecular weight excluding hydrogens is 1340 g/mol. The van der Waals surface area contributed by atoms with Crippen LogP contribution in [0.25, 0.3) is 0 Å². The van der Waals surface area contributed by atoms with E-state index in [9.17, 15) is 59.7 Å². The maximum absolute atomic E-state index is 12.0. The summed E-state index contributed by atoms with van der Waals surface area (Å²) in [6, 6.07) is 26.0. The van der Waals surface area contributed by atoms with Crippen LogP contribution in [0.3, 0.4) is 0 Å². The Morgan fingerprint density at radius 1 is 0.264 bits per heavy atom. The lowest BCUT2D eigenvalue weighted by Gasteiger charge is -2.10. The molecule has 0 fully saturated rings. The topological polar surface area (TPSA) is 273 Å². The number of Topliss-reactive ketones (excluding diaryl/α,β-unsaturated/α-hetero) is 5. The highest BCUT2D eigenvalue weighted by Crippen LogP contribution is 2.32. The van der Waals surface area contributed by atoms with Crippen LogP contribution in [0.4, 0.5) is 0 Å². The Morgan fingerprint density at radius 2 is 0.453 bits per heavy atom. The minimum absolute atomic E-state index is 0.0750. The van der Waals surface area contributed by atoms with E-state index < -0.39 is 12.2 Å². The largest absolute Gasteiger partial charge is 0.504 e. The van der Waals surface area contributed by atoms with Crippen LogP contribution in [-0.2, 0) is 56.1 Å². The molecule has 0 aliphatic carbocycles. The molecule has 0 aromatic heterocycles. The number of carbonyl (C=O) groups is 5. The molecule has 0 aliphatic heterocycles. The summed E-state index contributed by atoms with van der Waals surface area (Å²) in [5.41, 5.74) is 4.97. The van der Waals surface area contributed by atoms with Crippen molar-refractivity contribution in [1.29, 1.82) is 0 Å².